The summed E-state index contributed by atoms with van der Waals surface area (Å²) < 4.78 is 2.16. The number of halogens is 1. The largest absolute Gasteiger partial charge is 0.331 e. The Morgan fingerprint density at radius 1 is 1.41 bits per heavy atom. The maximum Gasteiger partial charge on any atom is 0.112 e. The minimum atomic E-state index is 0.336. The van der Waals surface area contributed by atoms with Crippen LogP contribution < -0.4 is 5.73 Å². The highest BCUT2D eigenvalue weighted by Gasteiger charge is 2.27. The zero-order chi connectivity index (χ0) is 12.0. The van der Waals surface area contributed by atoms with Gasteiger partial charge in [0.1, 0.15) is 5.82 Å². The van der Waals surface area contributed by atoms with Crippen molar-refractivity contribution < 1.29 is 0 Å². The van der Waals surface area contributed by atoms with E-state index in [2.05, 4.69) is 11.6 Å². The highest BCUT2D eigenvalue weighted by molar-refractivity contribution is 6.31. The van der Waals surface area contributed by atoms with Crippen LogP contribution in [0.2, 0.25) is 5.02 Å². The number of rotatable bonds is 1. The molecule has 3 nitrogen and oxygen atoms in total. The van der Waals surface area contributed by atoms with Crippen molar-refractivity contribution in [1.29, 1.82) is 0 Å². The number of hydrogen-bond acceptors (Lipinski definition) is 2. The summed E-state index contributed by atoms with van der Waals surface area (Å²) in [5.74, 6) is 1.65. The van der Waals surface area contributed by atoms with E-state index < -0.39 is 0 Å². The van der Waals surface area contributed by atoms with E-state index in [1.807, 2.05) is 18.2 Å². The van der Waals surface area contributed by atoms with Gasteiger partial charge in [0.05, 0.1) is 11.0 Å². The predicted molar refractivity (Wildman–Crippen MR) is 70.3 cm³/mol. The van der Waals surface area contributed by atoms with Gasteiger partial charge in [0.15, 0.2) is 0 Å². The van der Waals surface area contributed by atoms with Crippen LogP contribution in [0.25, 0.3) is 11.0 Å². The number of benzene rings is 1. The Hall–Kier alpha value is -1.06. The van der Waals surface area contributed by atoms with Crippen LogP contribution in [-0.2, 0) is 7.05 Å². The standard InChI is InChI=1S/C13H16ClN3/c1-17-12-7-9(14)3-5-11(12)16-13(17)8-2-4-10(15)6-8/h3,5,7-8,10H,2,4,6,15H2,1H3/t8-,10+/m1/s1. The summed E-state index contributed by atoms with van der Waals surface area (Å²) in [6.07, 6.45) is 3.30. The van der Waals surface area contributed by atoms with Gasteiger partial charge in [0, 0.05) is 24.0 Å². The molecule has 2 atom stereocenters. The Balaban J connectivity index is 2.08. The van der Waals surface area contributed by atoms with Gasteiger partial charge in [-0.05, 0) is 37.5 Å². The molecule has 1 aromatic heterocycles. The van der Waals surface area contributed by atoms with Crippen molar-refractivity contribution in [2.45, 2.75) is 31.2 Å². The molecule has 1 heterocycles. The maximum absolute atomic E-state index is 6.02. The Kier molecular flexibility index (Phi) is 2.60. The van der Waals surface area contributed by atoms with Crippen LogP contribution in [0.1, 0.15) is 31.0 Å². The molecule has 4 heteroatoms. The molecule has 0 radical (unpaired) electrons. The first-order chi connectivity index (χ1) is 8.15. The summed E-state index contributed by atoms with van der Waals surface area (Å²) in [6.45, 7) is 0. The van der Waals surface area contributed by atoms with Gasteiger partial charge in [-0.1, -0.05) is 11.6 Å². The molecule has 1 aromatic carbocycles. The van der Waals surface area contributed by atoms with E-state index >= 15 is 0 Å². The van der Waals surface area contributed by atoms with Crippen LogP contribution in [0.3, 0.4) is 0 Å². The number of aryl methyl sites for hydroxylation is 1. The number of nitrogens with two attached hydrogens (primary N) is 1. The fourth-order valence-corrected chi connectivity index (χ4v) is 2.96. The second-order valence-corrected chi connectivity index (χ2v) is 5.37. The van der Waals surface area contributed by atoms with Crippen molar-refractivity contribution in [1.82, 2.24) is 9.55 Å². The Morgan fingerprint density at radius 2 is 2.24 bits per heavy atom. The van der Waals surface area contributed by atoms with Gasteiger partial charge in [0.25, 0.3) is 0 Å². The summed E-state index contributed by atoms with van der Waals surface area (Å²) >= 11 is 6.02. The van der Waals surface area contributed by atoms with Crippen molar-refractivity contribution in [2.24, 2.45) is 12.8 Å². The summed E-state index contributed by atoms with van der Waals surface area (Å²) in [7, 11) is 2.06. The third kappa shape index (κ3) is 1.83. The van der Waals surface area contributed by atoms with E-state index in [1.54, 1.807) is 0 Å². The number of nitrogens with zero attached hydrogens (tertiary/aromatic N) is 2. The number of imidazole rings is 1. The fraction of sp³-hybridized carbons (Fsp3) is 0.462. The van der Waals surface area contributed by atoms with Crippen molar-refractivity contribution in [2.75, 3.05) is 0 Å². The van der Waals surface area contributed by atoms with Gasteiger partial charge in [-0.3, -0.25) is 0 Å². The Labute approximate surface area is 106 Å². The summed E-state index contributed by atoms with van der Waals surface area (Å²) in [6, 6.07) is 6.18. The van der Waals surface area contributed by atoms with Crippen molar-refractivity contribution in [3.05, 3.63) is 29.0 Å². The molecule has 0 unspecified atom stereocenters. The minimum Gasteiger partial charge on any atom is -0.331 e. The minimum absolute atomic E-state index is 0.336. The van der Waals surface area contributed by atoms with Gasteiger partial charge in [0.2, 0.25) is 0 Å². The quantitative estimate of drug-likeness (QED) is 0.845. The second kappa shape index (κ2) is 4.00. The molecule has 90 valence electrons. The zero-order valence-electron chi connectivity index (χ0n) is 9.86. The Bertz CT molecular complexity index is 561. The highest BCUT2D eigenvalue weighted by atomic mass is 35.5. The first kappa shape index (κ1) is 11.1. The van der Waals surface area contributed by atoms with E-state index in [0.29, 0.717) is 12.0 Å². The molecule has 0 saturated heterocycles. The van der Waals surface area contributed by atoms with Crippen LogP contribution in [0.4, 0.5) is 0 Å². The smallest absolute Gasteiger partial charge is 0.112 e. The van der Waals surface area contributed by atoms with Crippen molar-refractivity contribution in [3.8, 4) is 0 Å². The molecule has 1 aliphatic rings. The highest BCUT2D eigenvalue weighted by Crippen LogP contribution is 2.34. The topological polar surface area (TPSA) is 43.8 Å². The normalized spacial score (nSPS) is 24.6. The number of fused-ring (bicyclic) bond motifs is 1. The van der Waals surface area contributed by atoms with E-state index in [-0.39, 0.29) is 0 Å². The van der Waals surface area contributed by atoms with Crippen molar-refractivity contribution in [3.63, 3.8) is 0 Å². The van der Waals surface area contributed by atoms with Crippen molar-refractivity contribution >= 4 is 22.6 Å². The maximum atomic E-state index is 6.02. The molecule has 1 fully saturated rings. The lowest BCUT2D eigenvalue weighted by atomic mass is 10.1. The molecule has 0 bridgehead atoms. The third-order valence-corrected chi connectivity index (χ3v) is 3.95. The predicted octanol–water partition coefficient (Wildman–Crippen LogP) is 2.82. The molecule has 0 spiro atoms. The number of aromatic nitrogens is 2. The van der Waals surface area contributed by atoms with Crippen LogP contribution in [0.15, 0.2) is 18.2 Å². The fourth-order valence-electron chi connectivity index (χ4n) is 2.80. The van der Waals surface area contributed by atoms with Gasteiger partial charge in [-0.2, -0.15) is 0 Å². The van der Waals surface area contributed by atoms with E-state index in [0.717, 1.165) is 41.1 Å². The molecule has 2 aromatic rings. The van der Waals surface area contributed by atoms with Crippen LogP contribution in [-0.4, -0.2) is 15.6 Å². The van der Waals surface area contributed by atoms with E-state index in [1.165, 1.54) is 0 Å². The van der Waals surface area contributed by atoms with Crippen LogP contribution >= 0.6 is 11.6 Å². The molecule has 3 rings (SSSR count). The van der Waals surface area contributed by atoms with Crippen LogP contribution in [0.5, 0.6) is 0 Å². The summed E-state index contributed by atoms with van der Waals surface area (Å²) in [4.78, 5) is 4.72. The summed E-state index contributed by atoms with van der Waals surface area (Å²) in [5.41, 5.74) is 8.10. The molecule has 1 aliphatic carbocycles. The van der Waals surface area contributed by atoms with Gasteiger partial charge in [-0.25, -0.2) is 4.98 Å². The lowest BCUT2D eigenvalue weighted by molar-refractivity contribution is 0.621. The first-order valence-corrected chi connectivity index (χ1v) is 6.40. The van der Waals surface area contributed by atoms with Gasteiger partial charge in [-0.15, -0.1) is 0 Å². The molecular weight excluding hydrogens is 234 g/mol. The van der Waals surface area contributed by atoms with Gasteiger partial charge >= 0.3 is 0 Å². The molecular formula is C13H16ClN3. The van der Waals surface area contributed by atoms with E-state index in [4.69, 9.17) is 22.3 Å². The molecule has 0 aliphatic heterocycles. The average molecular weight is 250 g/mol. The van der Waals surface area contributed by atoms with Crippen LogP contribution in [0, 0.1) is 0 Å². The van der Waals surface area contributed by atoms with Gasteiger partial charge < -0.3 is 10.3 Å². The molecule has 0 amide bonds. The second-order valence-electron chi connectivity index (χ2n) is 4.93. The van der Waals surface area contributed by atoms with E-state index in [9.17, 15) is 0 Å². The third-order valence-electron chi connectivity index (χ3n) is 3.72. The Morgan fingerprint density at radius 3 is 2.94 bits per heavy atom. The number of hydrogen-bond donors (Lipinski definition) is 1. The first-order valence-electron chi connectivity index (χ1n) is 6.02. The molecule has 17 heavy (non-hydrogen) atoms. The monoisotopic (exact) mass is 249 g/mol. The summed E-state index contributed by atoms with van der Waals surface area (Å²) in [5, 5.41) is 0.759. The zero-order valence-corrected chi connectivity index (χ0v) is 10.6. The lowest BCUT2D eigenvalue weighted by Gasteiger charge is -2.09. The molecule has 1 saturated carbocycles. The SMILES string of the molecule is Cn1c([C@@H]2CC[C@H](N)C2)nc2ccc(Cl)cc21. The molecule has 2 N–H and O–H groups in total. The average Bonchev–Trinajstić information content (AvgIpc) is 2.84. The lowest BCUT2D eigenvalue weighted by Crippen LogP contribution is -2.15.